The van der Waals surface area contributed by atoms with Gasteiger partial charge in [-0.15, -0.1) is 0 Å². The standard InChI is InChI=1S/C12H24O3.C9H12O2/c1-3-4-9-14-10-7-5-6-8-11-15-12(2)13;1-8(10)7-11-9-5-3-2-4-6-9/h3-11H2,1-2H3;2-6,8,10H,7H2,1H3. The van der Waals surface area contributed by atoms with E-state index in [2.05, 4.69) is 6.92 Å². The van der Waals surface area contributed by atoms with Crippen molar-refractivity contribution in [3.63, 3.8) is 0 Å². The Morgan fingerprint density at radius 1 is 1.00 bits per heavy atom. The molecule has 5 nitrogen and oxygen atoms in total. The van der Waals surface area contributed by atoms with Crippen LogP contribution < -0.4 is 4.74 Å². The van der Waals surface area contributed by atoms with Gasteiger partial charge in [-0.3, -0.25) is 4.79 Å². The van der Waals surface area contributed by atoms with Gasteiger partial charge in [0.05, 0.1) is 12.7 Å². The van der Waals surface area contributed by atoms with Crippen molar-refractivity contribution in [2.75, 3.05) is 26.4 Å². The summed E-state index contributed by atoms with van der Waals surface area (Å²) in [6.07, 6.45) is 6.31. The Balaban J connectivity index is 0.000000502. The first-order valence-corrected chi connectivity index (χ1v) is 9.63. The number of hydrogen-bond donors (Lipinski definition) is 1. The summed E-state index contributed by atoms with van der Waals surface area (Å²) in [4.78, 5) is 10.4. The number of para-hydroxylation sites is 1. The van der Waals surface area contributed by atoms with Crippen LogP contribution in [0.1, 0.15) is 59.3 Å². The van der Waals surface area contributed by atoms with E-state index in [1.807, 2.05) is 30.3 Å². The van der Waals surface area contributed by atoms with Crippen LogP contribution in [0.3, 0.4) is 0 Å². The smallest absolute Gasteiger partial charge is 0.302 e. The maximum absolute atomic E-state index is 10.4. The van der Waals surface area contributed by atoms with E-state index >= 15 is 0 Å². The second-order valence-corrected chi connectivity index (χ2v) is 6.19. The molecular weight excluding hydrogens is 332 g/mol. The molecule has 0 aromatic heterocycles. The lowest BCUT2D eigenvalue weighted by molar-refractivity contribution is -0.141. The number of hydrogen-bond acceptors (Lipinski definition) is 5. The molecule has 0 aliphatic rings. The number of rotatable bonds is 13. The minimum atomic E-state index is -0.407. The molecule has 0 saturated carbocycles. The molecule has 1 rings (SSSR count). The number of ether oxygens (including phenoxy) is 3. The number of unbranched alkanes of at least 4 members (excludes halogenated alkanes) is 4. The van der Waals surface area contributed by atoms with E-state index in [0.717, 1.165) is 51.1 Å². The first kappa shape index (κ1) is 24.4. The second kappa shape index (κ2) is 18.2. The van der Waals surface area contributed by atoms with Crippen LogP contribution in [0, 0.1) is 0 Å². The molecule has 1 aromatic carbocycles. The predicted octanol–water partition coefficient (Wildman–Crippen LogP) is 4.37. The van der Waals surface area contributed by atoms with E-state index in [-0.39, 0.29) is 5.97 Å². The topological polar surface area (TPSA) is 65.0 Å². The molecule has 0 amide bonds. The fourth-order valence-corrected chi connectivity index (χ4v) is 1.96. The van der Waals surface area contributed by atoms with Crippen LogP contribution in [-0.2, 0) is 14.3 Å². The van der Waals surface area contributed by atoms with Crippen molar-refractivity contribution in [3.05, 3.63) is 30.3 Å². The van der Waals surface area contributed by atoms with Gasteiger partial charge in [-0.1, -0.05) is 38.0 Å². The van der Waals surface area contributed by atoms with Crippen molar-refractivity contribution in [2.24, 2.45) is 0 Å². The molecule has 0 fully saturated rings. The van der Waals surface area contributed by atoms with Gasteiger partial charge >= 0.3 is 5.97 Å². The number of carbonyl (C=O) groups excluding carboxylic acids is 1. The first-order chi connectivity index (χ1) is 12.6. The SMILES string of the molecule is CC(O)COc1ccccc1.CCCCOCCCCCCOC(C)=O. The average molecular weight is 369 g/mol. The number of benzene rings is 1. The Morgan fingerprint density at radius 3 is 2.19 bits per heavy atom. The summed E-state index contributed by atoms with van der Waals surface area (Å²) in [5.74, 6) is 0.617. The van der Waals surface area contributed by atoms with Gasteiger partial charge in [-0.2, -0.15) is 0 Å². The van der Waals surface area contributed by atoms with Gasteiger partial charge in [0.1, 0.15) is 12.4 Å². The summed E-state index contributed by atoms with van der Waals surface area (Å²) in [6.45, 7) is 7.98. The Morgan fingerprint density at radius 2 is 1.62 bits per heavy atom. The van der Waals surface area contributed by atoms with Crippen LogP contribution in [0.2, 0.25) is 0 Å². The van der Waals surface area contributed by atoms with Gasteiger partial charge in [0.25, 0.3) is 0 Å². The second-order valence-electron chi connectivity index (χ2n) is 6.19. The Bertz CT molecular complexity index is 420. The van der Waals surface area contributed by atoms with Gasteiger partial charge < -0.3 is 19.3 Å². The maximum atomic E-state index is 10.4. The van der Waals surface area contributed by atoms with Gasteiger partial charge in [0.2, 0.25) is 0 Å². The van der Waals surface area contributed by atoms with Gasteiger partial charge in [-0.05, 0) is 44.7 Å². The zero-order chi connectivity index (χ0) is 19.5. The lowest BCUT2D eigenvalue weighted by Gasteiger charge is -2.06. The van der Waals surface area contributed by atoms with Gasteiger partial charge in [0, 0.05) is 20.1 Å². The Hall–Kier alpha value is -1.59. The quantitative estimate of drug-likeness (QED) is 0.414. The van der Waals surface area contributed by atoms with Crippen molar-refractivity contribution in [3.8, 4) is 5.75 Å². The zero-order valence-electron chi connectivity index (χ0n) is 16.6. The third kappa shape index (κ3) is 18.7. The summed E-state index contributed by atoms with van der Waals surface area (Å²) in [5.41, 5.74) is 0. The van der Waals surface area contributed by atoms with Crippen LogP contribution in [0.15, 0.2) is 30.3 Å². The van der Waals surface area contributed by atoms with E-state index in [1.165, 1.54) is 13.3 Å². The van der Waals surface area contributed by atoms with Crippen LogP contribution in [0.4, 0.5) is 0 Å². The molecule has 1 unspecified atom stereocenters. The molecule has 0 bridgehead atoms. The minimum Gasteiger partial charge on any atom is -0.491 e. The molecular formula is C21H36O5. The molecule has 0 heterocycles. The normalized spacial score (nSPS) is 11.2. The molecule has 0 saturated heterocycles. The highest BCUT2D eigenvalue weighted by atomic mass is 16.5. The van der Waals surface area contributed by atoms with Crippen LogP contribution in [0.5, 0.6) is 5.75 Å². The predicted molar refractivity (Wildman–Crippen MR) is 104 cm³/mol. The summed E-state index contributed by atoms with van der Waals surface area (Å²) in [6, 6.07) is 9.45. The Kier molecular flexibility index (Phi) is 17.1. The van der Waals surface area contributed by atoms with Gasteiger partial charge in [-0.25, -0.2) is 0 Å². The fourth-order valence-electron chi connectivity index (χ4n) is 1.96. The lowest BCUT2D eigenvalue weighted by atomic mass is 10.2. The fraction of sp³-hybridized carbons (Fsp3) is 0.667. The van der Waals surface area contributed by atoms with E-state index in [0.29, 0.717) is 13.2 Å². The summed E-state index contributed by atoms with van der Waals surface area (Å²) in [5, 5.41) is 8.89. The average Bonchev–Trinajstić information content (AvgIpc) is 2.63. The van der Waals surface area contributed by atoms with Crippen LogP contribution in [-0.4, -0.2) is 43.6 Å². The molecule has 0 spiro atoms. The van der Waals surface area contributed by atoms with E-state index in [1.54, 1.807) is 6.92 Å². The lowest BCUT2D eigenvalue weighted by Crippen LogP contribution is -2.12. The highest BCUT2D eigenvalue weighted by Gasteiger charge is 1.95. The molecule has 1 atom stereocenters. The zero-order valence-corrected chi connectivity index (χ0v) is 16.6. The number of esters is 1. The maximum Gasteiger partial charge on any atom is 0.302 e. The van der Waals surface area contributed by atoms with Crippen LogP contribution >= 0.6 is 0 Å². The van der Waals surface area contributed by atoms with Crippen molar-refractivity contribution in [1.82, 2.24) is 0 Å². The summed E-state index contributed by atoms with van der Waals surface area (Å²) >= 11 is 0. The molecule has 5 heteroatoms. The molecule has 0 radical (unpaired) electrons. The van der Waals surface area contributed by atoms with Crippen molar-refractivity contribution < 1.29 is 24.1 Å². The minimum absolute atomic E-state index is 0.183. The molecule has 0 aliphatic heterocycles. The number of aliphatic hydroxyl groups is 1. The van der Waals surface area contributed by atoms with Gasteiger partial charge in [0.15, 0.2) is 0 Å². The first-order valence-electron chi connectivity index (χ1n) is 9.63. The van der Waals surface area contributed by atoms with Crippen molar-refractivity contribution in [2.45, 2.75) is 65.4 Å². The molecule has 1 aromatic rings. The summed E-state index contributed by atoms with van der Waals surface area (Å²) < 4.78 is 15.5. The number of aliphatic hydroxyl groups excluding tert-OH is 1. The van der Waals surface area contributed by atoms with E-state index in [4.69, 9.17) is 19.3 Å². The largest absolute Gasteiger partial charge is 0.491 e. The molecule has 1 N–H and O–H groups in total. The van der Waals surface area contributed by atoms with Crippen LogP contribution in [0.25, 0.3) is 0 Å². The van der Waals surface area contributed by atoms with Crippen molar-refractivity contribution >= 4 is 5.97 Å². The highest BCUT2D eigenvalue weighted by molar-refractivity contribution is 5.65. The monoisotopic (exact) mass is 368 g/mol. The third-order valence-corrected chi connectivity index (χ3v) is 3.36. The summed E-state index contributed by atoms with van der Waals surface area (Å²) in [7, 11) is 0. The molecule has 26 heavy (non-hydrogen) atoms. The number of carbonyl (C=O) groups is 1. The van der Waals surface area contributed by atoms with E-state index in [9.17, 15) is 4.79 Å². The Labute approximate surface area is 158 Å². The van der Waals surface area contributed by atoms with E-state index < -0.39 is 6.10 Å². The molecule has 0 aliphatic carbocycles. The molecule has 150 valence electrons. The van der Waals surface area contributed by atoms with Crippen molar-refractivity contribution in [1.29, 1.82) is 0 Å². The highest BCUT2D eigenvalue weighted by Crippen LogP contribution is 2.08. The third-order valence-electron chi connectivity index (χ3n) is 3.36.